The topological polar surface area (TPSA) is 228 Å². The molecular formula is C23H28N4O8. The molecule has 2 aromatic carbocycles. The summed E-state index contributed by atoms with van der Waals surface area (Å²) in [5.41, 5.74) is 12.6. The summed E-state index contributed by atoms with van der Waals surface area (Å²) < 4.78 is 0. The third-order valence-electron chi connectivity index (χ3n) is 5.83. The van der Waals surface area contributed by atoms with E-state index in [0.29, 0.717) is 16.7 Å². The molecule has 0 unspecified atom stereocenters. The molecule has 1 heterocycles. The third-order valence-corrected chi connectivity index (χ3v) is 5.83. The number of carboxylic acid groups (broad SMARTS) is 1. The number of phenolic OH excluding ortho intramolecular Hbond substituents is 2. The van der Waals surface area contributed by atoms with E-state index in [2.05, 4.69) is 10.6 Å². The number of phenols is 2. The van der Waals surface area contributed by atoms with Crippen molar-refractivity contribution in [2.45, 2.75) is 43.2 Å². The van der Waals surface area contributed by atoms with Gasteiger partial charge in [0.1, 0.15) is 23.6 Å². The first-order chi connectivity index (χ1) is 16.5. The van der Waals surface area contributed by atoms with Crippen LogP contribution in [0.1, 0.15) is 23.7 Å². The molecular weight excluding hydrogens is 460 g/mol. The normalized spacial score (nSPS) is 23.9. The van der Waals surface area contributed by atoms with Gasteiger partial charge in [-0.15, -0.1) is 0 Å². The fourth-order valence-electron chi connectivity index (χ4n) is 3.82. The SMILES string of the molecule is NC[C@H](O)C[C@H]1NC(=O)[C@H](N)Cc2cc(ccc2O)-c2ccc(O)c(c2)[C@@H](O)[C@H](C(=O)O)NC1=O. The van der Waals surface area contributed by atoms with E-state index in [9.17, 15) is 39.9 Å². The number of aliphatic carboxylic acids is 1. The van der Waals surface area contributed by atoms with Gasteiger partial charge in [0.05, 0.1) is 12.1 Å². The number of aromatic hydroxyl groups is 2. The van der Waals surface area contributed by atoms with Gasteiger partial charge >= 0.3 is 5.97 Å². The van der Waals surface area contributed by atoms with Gasteiger partial charge in [0, 0.05) is 24.9 Å². The number of hydrogen-bond donors (Lipinski definition) is 9. The predicted octanol–water partition coefficient (Wildman–Crippen LogP) is -1.55. The molecule has 0 saturated carbocycles. The summed E-state index contributed by atoms with van der Waals surface area (Å²) >= 11 is 0. The lowest BCUT2D eigenvalue weighted by molar-refractivity contribution is -0.146. The predicted molar refractivity (Wildman–Crippen MR) is 123 cm³/mol. The highest BCUT2D eigenvalue weighted by Gasteiger charge is 2.35. The molecule has 35 heavy (non-hydrogen) atoms. The molecule has 188 valence electrons. The average Bonchev–Trinajstić information content (AvgIpc) is 2.82. The van der Waals surface area contributed by atoms with Gasteiger partial charge in [0.15, 0.2) is 6.04 Å². The molecule has 4 bridgehead atoms. The van der Waals surface area contributed by atoms with E-state index in [1.807, 2.05) is 0 Å². The average molecular weight is 488 g/mol. The zero-order valence-corrected chi connectivity index (χ0v) is 18.6. The van der Waals surface area contributed by atoms with Gasteiger partial charge in [-0.3, -0.25) is 9.59 Å². The molecule has 12 heteroatoms. The molecule has 0 aliphatic carbocycles. The summed E-state index contributed by atoms with van der Waals surface area (Å²) in [4.78, 5) is 37.6. The van der Waals surface area contributed by atoms with E-state index in [1.54, 1.807) is 12.1 Å². The third kappa shape index (κ3) is 5.87. The fourth-order valence-corrected chi connectivity index (χ4v) is 3.82. The van der Waals surface area contributed by atoms with Crippen molar-refractivity contribution in [2.24, 2.45) is 11.5 Å². The first-order valence-electron chi connectivity index (χ1n) is 10.8. The smallest absolute Gasteiger partial charge is 0.329 e. The zero-order valence-electron chi connectivity index (χ0n) is 18.6. The van der Waals surface area contributed by atoms with Crippen molar-refractivity contribution in [1.29, 1.82) is 0 Å². The highest BCUT2D eigenvalue weighted by Crippen LogP contribution is 2.33. The van der Waals surface area contributed by atoms with Crippen LogP contribution in [0.25, 0.3) is 11.1 Å². The first-order valence-corrected chi connectivity index (χ1v) is 10.8. The number of rotatable bonds is 4. The van der Waals surface area contributed by atoms with Crippen molar-refractivity contribution >= 4 is 17.8 Å². The van der Waals surface area contributed by atoms with Crippen molar-refractivity contribution in [3.05, 3.63) is 47.5 Å². The number of hydrogen-bond acceptors (Lipinski definition) is 9. The molecule has 0 saturated heterocycles. The van der Waals surface area contributed by atoms with Crippen LogP contribution in [0.15, 0.2) is 36.4 Å². The molecule has 0 radical (unpaired) electrons. The van der Waals surface area contributed by atoms with Gasteiger partial charge in [0.25, 0.3) is 0 Å². The van der Waals surface area contributed by atoms with Gasteiger partial charge in [-0.2, -0.15) is 0 Å². The fraction of sp³-hybridized carbons (Fsp3) is 0.348. The minimum Gasteiger partial charge on any atom is -0.508 e. The Morgan fingerprint density at radius 2 is 1.66 bits per heavy atom. The molecule has 0 aromatic heterocycles. The number of nitrogens with two attached hydrogens (primary N) is 2. The number of nitrogens with one attached hydrogen (secondary N) is 2. The van der Waals surface area contributed by atoms with E-state index in [-0.39, 0.29) is 30.7 Å². The Labute approximate surface area is 200 Å². The lowest BCUT2D eigenvalue weighted by Gasteiger charge is -2.26. The van der Waals surface area contributed by atoms with Crippen LogP contribution in [0.2, 0.25) is 0 Å². The van der Waals surface area contributed by atoms with Crippen LogP contribution in [0.5, 0.6) is 11.5 Å². The van der Waals surface area contributed by atoms with Crippen molar-refractivity contribution in [1.82, 2.24) is 10.6 Å². The Balaban J connectivity index is 2.14. The molecule has 2 amide bonds. The van der Waals surface area contributed by atoms with Gasteiger partial charge in [-0.1, -0.05) is 12.1 Å². The summed E-state index contributed by atoms with van der Waals surface area (Å²) in [6, 6.07) is 4.10. The van der Waals surface area contributed by atoms with E-state index in [1.165, 1.54) is 24.3 Å². The molecule has 0 fully saturated rings. The maximum atomic E-state index is 12.9. The van der Waals surface area contributed by atoms with E-state index >= 15 is 0 Å². The Bertz CT molecular complexity index is 1120. The molecule has 5 atom stereocenters. The van der Waals surface area contributed by atoms with Crippen LogP contribution >= 0.6 is 0 Å². The summed E-state index contributed by atoms with van der Waals surface area (Å²) in [6.07, 6.45) is -3.55. The Morgan fingerprint density at radius 1 is 1.03 bits per heavy atom. The highest BCUT2D eigenvalue weighted by atomic mass is 16.4. The van der Waals surface area contributed by atoms with E-state index < -0.39 is 53.9 Å². The van der Waals surface area contributed by atoms with Crippen LogP contribution in [0.4, 0.5) is 0 Å². The lowest BCUT2D eigenvalue weighted by atomic mass is 9.94. The van der Waals surface area contributed by atoms with Gasteiger partial charge in [-0.05, 0) is 41.0 Å². The molecule has 0 spiro atoms. The number of aliphatic hydroxyl groups excluding tert-OH is 2. The maximum absolute atomic E-state index is 12.9. The highest BCUT2D eigenvalue weighted by molar-refractivity contribution is 5.92. The Morgan fingerprint density at radius 3 is 2.29 bits per heavy atom. The Kier molecular flexibility index (Phi) is 7.92. The summed E-state index contributed by atoms with van der Waals surface area (Å²) in [6.45, 7) is -0.238. The second-order valence-electron chi connectivity index (χ2n) is 8.38. The molecule has 3 rings (SSSR count). The minimum atomic E-state index is -1.91. The van der Waals surface area contributed by atoms with E-state index in [0.717, 1.165) is 0 Å². The van der Waals surface area contributed by atoms with Crippen molar-refractivity contribution in [3.63, 3.8) is 0 Å². The van der Waals surface area contributed by atoms with Gasteiger partial charge in [0.2, 0.25) is 11.8 Å². The van der Waals surface area contributed by atoms with Gasteiger partial charge < -0.3 is 47.6 Å². The first kappa shape index (κ1) is 25.9. The van der Waals surface area contributed by atoms with Crippen molar-refractivity contribution in [3.8, 4) is 22.6 Å². The second kappa shape index (κ2) is 10.7. The number of carbonyl (C=O) groups excluding carboxylic acids is 2. The van der Waals surface area contributed by atoms with Crippen LogP contribution in [-0.2, 0) is 20.8 Å². The zero-order chi connectivity index (χ0) is 25.9. The largest absolute Gasteiger partial charge is 0.508 e. The van der Waals surface area contributed by atoms with Crippen LogP contribution in [0, 0.1) is 0 Å². The number of amides is 2. The van der Waals surface area contributed by atoms with E-state index in [4.69, 9.17) is 11.5 Å². The van der Waals surface area contributed by atoms with Crippen LogP contribution < -0.4 is 22.1 Å². The second-order valence-corrected chi connectivity index (χ2v) is 8.38. The number of aliphatic hydroxyl groups is 2. The number of carbonyl (C=O) groups is 3. The lowest BCUT2D eigenvalue weighted by Crippen LogP contribution is -2.56. The number of carboxylic acids is 1. The maximum Gasteiger partial charge on any atom is 0.329 e. The molecule has 2 aromatic rings. The Hall–Kier alpha value is -3.71. The summed E-state index contributed by atoms with van der Waals surface area (Å²) in [5, 5.41) is 55.6. The standard InChI is InChI=1S/C23H28N4O8/c24-9-13(28)8-16-22(33)27-19(23(34)35)20(31)14-6-11(2-4-18(14)30)10-1-3-17(29)12(5-10)7-15(25)21(32)26-16/h1-6,13,15-16,19-20,28-31H,7-9,24-25H2,(H,26,32)(H,27,33)(H,34,35)/t13-,15-,16-,19-,20-/m1/s1. The number of fused-ring (bicyclic) bond motifs is 5. The monoisotopic (exact) mass is 488 g/mol. The quantitative estimate of drug-likeness (QED) is 0.240. The van der Waals surface area contributed by atoms with Gasteiger partial charge in [-0.25, -0.2) is 4.79 Å². The van der Waals surface area contributed by atoms with Crippen molar-refractivity contribution < 1.29 is 39.9 Å². The van der Waals surface area contributed by atoms with Crippen LogP contribution in [-0.4, -0.2) is 74.1 Å². The molecule has 12 nitrogen and oxygen atoms in total. The molecule has 1 aliphatic rings. The number of benzene rings is 2. The molecule has 11 N–H and O–H groups in total. The summed E-state index contributed by atoms with van der Waals surface area (Å²) in [7, 11) is 0. The summed E-state index contributed by atoms with van der Waals surface area (Å²) in [5.74, 6) is -3.94. The molecule has 1 aliphatic heterocycles. The van der Waals surface area contributed by atoms with Crippen molar-refractivity contribution in [2.75, 3.05) is 6.54 Å². The minimum absolute atomic E-state index is 0.107. The van der Waals surface area contributed by atoms with Crippen LogP contribution in [0.3, 0.4) is 0 Å².